The first-order valence-electron chi connectivity index (χ1n) is 18.3. The van der Waals surface area contributed by atoms with E-state index in [0.717, 1.165) is 48.5 Å². The Morgan fingerprint density at radius 1 is 0.583 bits per heavy atom. The molecule has 2 heterocycles. The van der Waals surface area contributed by atoms with Crippen LogP contribution in [0.25, 0.3) is 0 Å². The largest absolute Gasteiger partial charge is 0.493 e. The van der Waals surface area contributed by atoms with Gasteiger partial charge in [0.25, 0.3) is 0 Å². The van der Waals surface area contributed by atoms with E-state index in [2.05, 4.69) is 0 Å². The molecule has 0 N–H and O–H groups in total. The number of carbonyl (C=O) groups excluding carboxylic acids is 9. The van der Waals surface area contributed by atoms with E-state index in [9.17, 15) is 43.2 Å². The minimum absolute atomic E-state index is 0.107. The molecule has 0 spiro atoms. The minimum Gasteiger partial charge on any atom is -0.493 e. The minimum atomic E-state index is -2.55. The van der Waals surface area contributed by atoms with E-state index in [1.807, 2.05) is 0 Å². The third-order valence-corrected chi connectivity index (χ3v) is 8.29. The molecular formula is C38H48O22. The van der Waals surface area contributed by atoms with Gasteiger partial charge in [0.15, 0.2) is 42.0 Å². The van der Waals surface area contributed by atoms with Crippen LogP contribution in [0.5, 0.6) is 11.5 Å². The van der Waals surface area contributed by atoms with Crippen LogP contribution < -0.4 is 9.47 Å². The molecule has 0 bridgehead atoms. The topological polar surface area (TPSA) is 274 Å². The van der Waals surface area contributed by atoms with Crippen molar-refractivity contribution in [2.45, 2.75) is 123 Å². The lowest BCUT2D eigenvalue weighted by molar-refractivity contribution is -0.384. The van der Waals surface area contributed by atoms with E-state index in [1.54, 1.807) is 12.1 Å². The second-order valence-corrected chi connectivity index (χ2v) is 13.3. The van der Waals surface area contributed by atoms with Gasteiger partial charge in [-0.3, -0.25) is 43.2 Å². The Hall–Kier alpha value is -5.87. The van der Waals surface area contributed by atoms with E-state index < -0.39 is 128 Å². The molecule has 0 aromatic heterocycles. The van der Waals surface area contributed by atoms with E-state index in [-0.39, 0.29) is 24.3 Å². The van der Waals surface area contributed by atoms with Gasteiger partial charge in [0, 0.05) is 61.8 Å². The predicted molar refractivity (Wildman–Crippen MR) is 192 cm³/mol. The van der Waals surface area contributed by atoms with Gasteiger partial charge in [0.1, 0.15) is 32.0 Å². The van der Waals surface area contributed by atoms with Gasteiger partial charge in [0.2, 0.25) is 12.1 Å². The van der Waals surface area contributed by atoms with Crippen LogP contribution in [-0.2, 0) is 102 Å². The molecule has 1 aromatic carbocycles. The van der Waals surface area contributed by atoms with E-state index in [4.69, 9.17) is 61.6 Å². The van der Waals surface area contributed by atoms with Crippen LogP contribution in [0.2, 0.25) is 0 Å². The van der Waals surface area contributed by atoms with Crippen molar-refractivity contribution >= 4 is 53.7 Å². The van der Waals surface area contributed by atoms with E-state index >= 15 is 0 Å². The van der Waals surface area contributed by atoms with Gasteiger partial charge < -0.3 is 61.6 Å². The number of carbonyl (C=O) groups is 9. The van der Waals surface area contributed by atoms with Crippen molar-refractivity contribution in [1.29, 1.82) is 0 Å². The van der Waals surface area contributed by atoms with Gasteiger partial charge in [-0.25, -0.2) is 0 Å². The Bertz CT molecular complexity index is 1770. The molecule has 332 valence electrons. The molecule has 1 aromatic rings. The molecule has 2 fully saturated rings. The van der Waals surface area contributed by atoms with Gasteiger partial charge >= 0.3 is 53.7 Å². The van der Waals surface area contributed by atoms with Crippen molar-refractivity contribution in [2.75, 3.05) is 26.9 Å². The standard InChI is InChI=1S/C38H48O22/c1-18(39)49-16-30-33(54-22(5)43)36(57-25(8)46)38(59-30,17-51-19(2)40)60-37-35(56-24(7)45)34(55-23(6)44)32(53-21(4)42)29(58-37)15-50-31(47)13-11-26-10-12-27(52-20(3)41)28(14-26)48-9/h10,12,14,29-30,32-37H,11,13,15-17H2,1-9H3/t29-,30+,32-,33+,34-,35-,36+,37-,38-/m1/s1. The highest BCUT2D eigenvalue weighted by Crippen LogP contribution is 2.41. The molecule has 2 saturated heterocycles. The molecule has 2 aliphatic heterocycles. The lowest BCUT2D eigenvalue weighted by atomic mass is 9.97. The van der Waals surface area contributed by atoms with Crippen molar-refractivity contribution in [3.05, 3.63) is 23.8 Å². The van der Waals surface area contributed by atoms with Gasteiger partial charge in [-0.05, 0) is 24.1 Å². The number of aryl methyl sites for hydroxylation is 1. The molecule has 0 aliphatic carbocycles. The third-order valence-electron chi connectivity index (χ3n) is 8.29. The first kappa shape index (κ1) is 48.5. The highest BCUT2D eigenvalue weighted by atomic mass is 16.8. The number of hydrogen-bond donors (Lipinski definition) is 0. The Labute approximate surface area is 343 Å². The number of rotatable bonds is 18. The molecule has 9 atom stereocenters. The summed E-state index contributed by atoms with van der Waals surface area (Å²) >= 11 is 0. The van der Waals surface area contributed by atoms with E-state index in [1.165, 1.54) is 20.1 Å². The van der Waals surface area contributed by atoms with Crippen molar-refractivity contribution in [2.24, 2.45) is 0 Å². The maximum atomic E-state index is 13.1. The zero-order chi connectivity index (χ0) is 44.9. The number of ether oxygens (including phenoxy) is 13. The fraction of sp³-hybridized carbons (Fsp3) is 0.605. The lowest BCUT2D eigenvalue weighted by Crippen LogP contribution is -2.65. The summed E-state index contributed by atoms with van der Waals surface area (Å²) in [5, 5.41) is 0. The van der Waals surface area contributed by atoms with Crippen LogP contribution in [0.3, 0.4) is 0 Å². The van der Waals surface area contributed by atoms with Gasteiger partial charge in [0.05, 0.1) is 7.11 Å². The zero-order valence-electron chi connectivity index (χ0n) is 34.4. The number of benzene rings is 1. The second kappa shape index (κ2) is 21.9. The molecule has 2 aliphatic rings. The van der Waals surface area contributed by atoms with Crippen LogP contribution in [-0.4, -0.2) is 135 Å². The van der Waals surface area contributed by atoms with Crippen molar-refractivity contribution in [3.8, 4) is 11.5 Å². The number of esters is 9. The van der Waals surface area contributed by atoms with Gasteiger partial charge in [-0.2, -0.15) is 0 Å². The lowest BCUT2D eigenvalue weighted by Gasteiger charge is -2.46. The van der Waals surface area contributed by atoms with E-state index in [0.29, 0.717) is 5.56 Å². The Morgan fingerprint density at radius 2 is 1.13 bits per heavy atom. The first-order chi connectivity index (χ1) is 28.1. The maximum absolute atomic E-state index is 13.1. The third kappa shape index (κ3) is 14.2. The van der Waals surface area contributed by atoms with Crippen LogP contribution in [0.15, 0.2) is 18.2 Å². The molecule has 0 saturated carbocycles. The van der Waals surface area contributed by atoms with Crippen LogP contribution in [0.4, 0.5) is 0 Å². The van der Waals surface area contributed by atoms with Crippen molar-refractivity contribution in [3.63, 3.8) is 0 Å². The first-order valence-corrected chi connectivity index (χ1v) is 18.3. The smallest absolute Gasteiger partial charge is 0.308 e. The molecular weight excluding hydrogens is 808 g/mol. The SMILES string of the molecule is COc1cc(CCC(=O)OC[C@H]2O[C@H](O[C@@]3(COC(C)=O)O[C@@H](COC(C)=O)[C@H](OC(C)=O)[C@@H]3OC(C)=O)[C@H](OC(C)=O)[C@H](OC(C)=O)[C@@H]2OC(C)=O)ccc1OC(C)=O. The summed E-state index contributed by atoms with van der Waals surface area (Å²) in [7, 11) is 1.36. The molecule has 22 nitrogen and oxygen atoms in total. The monoisotopic (exact) mass is 856 g/mol. The summed E-state index contributed by atoms with van der Waals surface area (Å²) in [6, 6.07) is 4.63. The highest BCUT2D eigenvalue weighted by molar-refractivity contribution is 5.72. The molecule has 3 rings (SSSR count). The molecule has 0 radical (unpaired) electrons. The summed E-state index contributed by atoms with van der Waals surface area (Å²) in [5.74, 6) is -10.0. The van der Waals surface area contributed by atoms with Crippen molar-refractivity contribution in [1.82, 2.24) is 0 Å². The molecule has 0 amide bonds. The fourth-order valence-electron chi connectivity index (χ4n) is 6.16. The Balaban J connectivity index is 2.08. The summed E-state index contributed by atoms with van der Waals surface area (Å²) < 4.78 is 72.3. The number of methoxy groups -OCH3 is 1. The second-order valence-electron chi connectivity index (χ2n) is 13.3. The summed E-state index contributed by atoms with van der Waals surface area (Å²) in [6.07, 6.45) is -13.9. The number of hydrogen-bond acceptors (Lipinski definition) is 22. The van der Waals surface area contributed by atoms with Crippen LogP contribution in [0.1, 0.15) is 67.4 Å². The molecule has 0 unspecified atom stereocenters. The fourth-order valence-corrected chi connectivity index (χ4v) is 6.16. The highest BCUT2D eigenvalue weighted by Gasteiger charge is 2.65. The van der Waals surface area contributed by atoms with Gasteiger partial charge in [-0.15, -0.1) is 0 Å². The zero-order valence-corrected chi connectivity index (χ0v) is 34.4. The Kier molecular flexibility index (Phi) is 17.7. The van der Waals surface area contributed by atoms with Gasteiger partial charge in [-0.1, -0.05) is 6.07 Å². The average Bonchev–Trinajstić information content (AvgIpc) is 3.40. The predicted octanol–water partition coefficient (Wildman–Crippen LogP) is 0.718. The summed E-state index contributed by atoms with van der Waals surface area (Å²) in [4.78, 5) is 111. The van der Waals surface area contributed by atoms with Crippen molar-refractivity contribution < 1.29 is 105 Å². The summed E-state index contributed by atoms with van der Waals surface area (Å²) in [6.45, 7) is 6.01. The van der Waals surface area contributed by atoms with Crippen LogP contribution in [0, 0.1) is 0 Å². The Morgan fingerprint density at radius 3 is 1.68 bits per heavy atom. The van der Waals surface area contributed by atoms with Crippen LogP contribution >= 0.6 is 0 Å². The molecule has 22 heteroatoms. The normalized spacial score (nSPS) is 25.7. The summed E-state index contributed by atoms with van der Waals surface area (Å²) in [5.41, 5.74) is 0.593. The average molecular weight is 857 g/mol. The quantitative estimate of drug-likeness (QED) is 0.112. The maximum Gasteiger partial charge on any atom is 0.308 e. The molecule has 60 heavy (non-hydrogen) atoms.